The molecule has 1 rings (SSSR count). The summed E-state index contributed by atoms with van der Waals surface area (Å²) < 4.78 is 12.8. The van der Waals surface area contributed by atoms with Gasteiger partial charge in [0.25, 0.3) is 0 Å². The van der Waals surface area contributed by atoms with Crippen molar-refractivity contribution in [3.8, 4) is 0 Å². The van der Waals surface area contributed by atoms with Crippen molar-refractivity contribution in [2.24, 2.45) is 0 Å². The van der Waals surface area contributed by atoms with E-state index in [1.807, 2.05) is 13.8 Å². The van der Waals surface area contributed by atoms with Crippen LogP contribution in [0.25, 0.3) is 0 Å². The number of unbranched alkanes of at least 4 members (excludes halogenated alkanes) is 1. The second kappa shape index (κ2) is 5.44. The van der Waals surface area contributed by atoms with Gasteiger partial charge in [-0.15, -0.1) is 0 Å². The van der Waals surface area contributed by atoms with Crippen molar-refractivity contribution in [3.05, 3.63) is 35.6 Å². The number of halogens is 1. The molecule has 1 unspecified atom stereocenters. The largest absolute Gasteiger partial charge is 0.392 e. The predicted molar refractivity (Wildman–Crippen MR) is 65.0 cm³/mol. The fourth-order valence-corrected chi connectivity index (χ4v) is 1.83. The third-order valence-corrected chi connectivity index (χ3v) is 3.25. The van der Waals surface area contributed by atoms with Crippen molar-refractivity contribution in [2.75, 3.05) is 0 Å². The smallest absolute Gasteiger partial charge is 0.123 e. The molecular weight excluding hydrogens is 203 g/mol. The highest BCUT2D eigenvalue weighted by atomic mass is 19.1. The summed E-state index contributed by atoms with van der Waals surface area (Å²) in [5.74, 6) is -0.234. The molecule has 0 spiro atoms. The molecule has 0 radical (unpaired) electrons. The summed E-state index contributed by atoms with van der Waals surface area (Å²) in [6, 6.07) is 6.41. The van der Waals surface area contributed by atoms with Crippen LogP contribution >= 0.6 is 0 Å². The van der Waals surface area contributed by atoms with Crippen LogP contribution in [-0.2, 0) is 5.41 Å². The number of aliphatic hydroxyl groups is 1. The Bertz CT molecular complexity index is 316. The number of hydrogen-bond acceptors (Lipinski definition) is 1. The van der Waals surface area contributed by atoms with Crippen LogP contribution in [-0.4, -0.2) is 11.2 Å². The molecule has 0 bridgehead atoms. The lowest BCUT2D eigenvalue weighted by Crippen LogP contribution is -2.33. The summed E-state index contributed by atoms with van der Waals surface area (Å²) in [5, 5.41) is 10.1. The molecule has 0 saturated carbocycles. The van der Waals surface area contributed by atoms with Gasteiger partial charge in [-0.3, -0.25) is 0 Å². The van der Waals surface area contributed by atoms with Gasteiger partial charge < -0.3 is 5.11 Å². The zero-order chi connectivity index (χ0) is 12.2. The van der Waals surface area contributed by atoms with Crippen molar-refractivity contribution >= 4 is 0 Å². The van der Waals surface area contributed by atoms with Gasteiger partial charge >= 0.3 is 0 Å². The molecule has 0 aliphatic carbocycles. The van der Waals surface area contributed by atoms with Crippen molar-refractivity contribution in [1.82, 2.24) is 0 Å². The maximum absolute atomic E-state index is 12.8. The maximum Gasteiger partial charge on any atom is 0.123 e. The molecule has 0 aliphatic rings. The predicted octanol–water partition coefficient (Wildman–Crippen LogP) is 3.65. The first-order valence-corrected chi connectivity index (χ1v) is 5.92. The van der Waals surface area contributed by atoms with Gasteiger partial charge in [-0.05, 0) is 24.1 Å². The number of hydrogen-bond donors (Lipinski definition) is 1. The molecule has 1 aromatic rings. The summed E-state index contributed by atoms with van der Waals surface area (Å²) in [6.45, 7) is 6.11. The van der Waals surface area contributed by atoms with Gasteiger partial charge in [0.15, 0.2) is 0 Å². The molecule has 0 aliphatic heterocycles. The van der Waals surface area contributed by atoms with Gasteiger partial charge in [0.1, 0.15) is 5.82 Å². The van der Waals surface area contributed by atoms with Crippen LogP contribution in [0.15, 0.2) is 24.3 Å². The third kappa shape index (κ3) is 3.05. The number of rotatable bonds is 5. The Hall–Kier alpha value is -0.890. The van der Waals surface area contributed by atoms with Crippen molar-refractivity contribution in [1.29, 1.82) is 0 Å². The van der Waals surface area contributed by atoms with Crippen LogP contribution in [0.3, 0.4) is 0 Å². The lowest BCUT2D eigenvalue weighted by molar-refractivity contribution is 0.0889. The molecule has 1 N–H and O–H groups in total. The Morgan fingerprint density at radius 3 is 2.31 bits per heavy atom. The van der Waals surface area contributed by atoms with Gasteiger partial charge in [0, 0.05) is 5.41 Å². The van der Waals surface area contributed by atoms with E-state index in [1.54, 1.807) is 12.1 Å². The molecule has 0 fully saturated rings. The standard InChI is InChI=1S/C14H21FO/c1-4-5-6-13(16)14(2,3)11-7-9-12(15)10-8-11/h7-10,13,16H,4-6H2,1-3H3. The number of aliphatic hydroxyl groups excluding tert-OH is 1. The Kier molecular flexibility index (Phi) is 4.48. The molecule has 90 valence electrons. The first kappa shape index (κ1) is 13.2. The third-order valence-electron chi connectivity index (χ3n) is 3.25. The molecule has 2 heteroatoms. The zero-order valence-electron chi connectivity index (χ0n) is 10.3. The first-order valence-electron chi connectivity index (χ1n) is 5.92. The van der Waals surface area contributed by atoms with E-state index in [0.717, 1.165) is 24.8 Å². The van der Waals surface area contributed by atoms with E-state index in [9.17, 15) is 9.50 Å². The molecule has 16 heavy (non-hydrogen) atoms. The highest BCUT2D eigenvalue weighted by molar-refractivity contribution is 5.25. The average molecular weight is 224 g/mol. The molecule has 1 atom stereocenters. The minimum absolute atomic E-state index is 0.234. The summed E-state index contributed by atoms with van der Waals surface area (Å²) in [5.41, 5.74) is 0.667. The Morgan fingerprint density at radius 2 is 1.81 bits per heavy atom. The fourth-order valence-electron chi connectivity index (χ4n) is 1.83. The van der Waals surface area contributed by atoms with E-state index < -0.39 is 0 Å². The van der Waals surface area contributed by atoms with Crippen LogP contribution in [0.4, 0.5) is 4.39 Å². The van der Waals surface area contributed by atoms with E-state index in [1.165, 1.54) is 12.1 Å². The Morgan fingerprint density at radius 1 is 1.25 bits per heavy atom. The van der Waals surface area contributed by atoms with Gasteiger partial charge in [-0.1, -0.05) is 45.7 Å². The van der Waals surface area contributed by atoms with Crippen LogP contribution in [0.5, 0.6) is 0 Å². The lowest BCUT2D eigenvalue weighted by Gasteiger charge is -2.31. The van der Waals surface area contributed by atoms with Crippen molar-refractivity contribution in [3.63, 3.8) is 0 Å². The summed E-state index contributed by atoms with van der Waals surface area (Å²) in [4.78, 5) is 0. The van der Waals surface area contributed by atoms with E-state index in [4.69, 9.17) is 0 Å². The highest BCUT2D eigenvalue weighted by Gasteiger charge is 2.29. The van der Waals surface area contributed by atoms with Crippen LogP contribution in [0.1, 0.15) is 45.6 Å². The first-order chi connectivity index (χ1) is 7.48. The quantitative estimate of drug-likeness (QED) is 0.809. The molecule has 0 saturated heterocycles. The van der Waals surface area contributed by atoms with Crippen molar-refractivity contribution in [2.45, 2.75) is 51.6 Å². The summed E-state index contributed by atoms with van der Waals surface area (Å²) >= 11 is 0. The van der Waals surface area contributed by atoms with Gasteiger partial charge in [-0.2, -0.15) is 0 Å². The van der Waals surface area contributed by atoms with E-state index in [2.05, 4.69) is 6.92 Å². The second-order valence-electron chi connectivity index (χ2n) is 4.89. The van der Waals surface area contributed by atoms with Crippen LogP contribution in [0, 0.1) is 5.82 Å². The highest BCUT2D eigenvalue weighted by Crippen LogP contribution is 2.29. The SMILES string of the molecule is CCCCC(O)C(C)(C)c1ccc(F)cc1. The van der Waals surface area contributed by atoms with Gasteiger partial charge in [0.05, 0.1) is 6.10 Å². The monoisotopic (exact) mass is 224 g/mol. The van der Waals surface area contributed by atoms with Crippen molar-refractivity contribution < 1.29 is 9.50 Å². The maximum atomic E-state index is 12.8. The lowest BCUT2D eigenvalue weighted by atomic mass is 9.77. The zero-order valence-corrected chi connectivity index (χ0v) is 10.3. The fraction of sp³-hybridized carbons (Fsp3) is 0.571. The van der Waals surface area contributed by atoms with E-state index >= 15 is 0 Å². The Labute approximate surface area is 97.3 Å². The molecule has 1 nitrogen and oxygen atoms in total. The Balaban J connectivity index is 2.79. The topological polar surface area (TPSA) is 20.2 Å². The van der Waals surface area contributed by atoms with E-state index in [0.29, 0.717) is 0 Å². The molecular formula is C14H21FO. The van der Waals surface area contributed by atoms with Crippen LogP contribution < -0.4 is 0 Å². The minimum atomic E-state index is -0.377. The van der Waals surface area contributed by atoms with Gasteiger partial charge in [-0.25, -0.2) is 4.39 Å². The summed E-state index contributed by atoms with van der Waals surface area (Å²) in [6.07, 6.45) is 2.52. The molecule has 1 aromatic carbocycles. The summed E-state index contributed by atoms with van der Waals surface area (Å²) in [7, 11) is 0. The normalized spacial score (nSPS) is 13.8. The minimum Gasteiger partial charge on any atom is -0.392 e. The van der Waals surface area contributed by atoms with Crippen LogP contribution in [0.2, 0.25) is 0 Å². The van der Waals surface area contributed by atoms with E-state index in [-0.39, 0.29) is 17.3 Å². The molecule has 0 aromatic heterocycles. The molecule has 0 amide bonds. The van der Waals surface area contributed by atoms with Gasteiger partial charge in [0.2, 0.25) is 0 Å². The average Bonchev–Trinajstić information content (AvgIpc) is 2.26. The second-order valence-corrected chi connectivity index (χ2v) is 4.89. The number of benzene rings is 1. The molecule has 0 heterocycles.